The lowest BCUT2D eigenvalue weighted by molar-refractivity contribution is -0.386. The van der Waals surface area contributed by atoms with E-state index in [0.29, 0.717) is 5.69 Å². The summed E-state index contributed by atoms with van der Waals surface area (Å²) in [5.74, 6) is -0.485. The van der Waals surface area contributed by atoms with Gasteiger partial charge in [0.25, 0.3) is 0 Å². The highest BCUT2D eigenvalue weighted by molar-refractivity contribution is 5.69. The summed E-state index contributed by atoms with van der Waals surface area (Å²) in [6.07, 6.45) is 0. The molecule has 0 aliphatic carbocycles. The van der Waals surface area contributed by atoms with Gasteiger partial charge in [0.1, 0.15) is 24.5 Å². The molecular weight excluding hydrogens is 286 g/mol. The summed E-state index contributed by atoms with van der Waals surface area (Å²) < 4.78 is 6.46. The van der Waals surface area contributed by atoms with Gasteiger partial charge in [-0.05, 0) is 26.3 Å². The Morgan fingerprint density at radius 1 is 1.27 bits per heavy atom. The van der Waals surface area contributed by atoms with E-state index in [2.05, 4.69) is 5.10 Å². The third-order valence-corrected chi connectivity index (χ3v) is 3.33. The van der Waals surface area contributed by atoms with Crippen molar-refractivity contribution in [1.29, 1.82) is 0 Å². The average Bonchev–Trinajstić information content (AvgIpc) is 2.72. The number of esters is 1. The molecule has 7 nitrogen and oxygen atoms in total. The van der Waals surface area contributed by atoms with Gasteiger partial charge in [-0.15, -0.1) is 0 Å². The number of carbonyl (C=O) groups is 1. The van der Waals surface area contributed by atoms with Crippen LogP contribution in [-0.2, 0) is 22.7 Å². The van der Waals surface area contributed by atoms with E-state index in [9.17, 15) is 14.9 Å². The summed E-state index contributed by atoms with van der Waals surface area (Å²) >= 11 is 0. The molecule has 0 bridgehead atoms. The lowest BCUT2D eigenvalue weighted by Crippen LogP contribution is -2.15. The van der Waals surface area contributed by atoms with Gasteiger partial charge in [-0.2, -0.15) is 5.10 Å². The van der Waals surface area contributed by atoms with Crippen LogP contribution in [0.2, 0.25) is 0 Å². The van der Waals surface area contributed by atoms with Gasteiger partial charge >= 0.3 is 11.7 Å². The summed E-state index contributed by atoms with van der Waals surface area (Å²) in [6.45, 7) is 5.10. The van der Waals surface area contributed by atoms with E-state index in [-0.39, 0.29) is 24.5 Å². The van der Waals surface area contributed by atoms with Crippen LogP contribution < -0.4 is 0 Å². The Kier molecular flexibility index (Phi) is 4.55. The van der Waals surface area contributed by atoms with Crippen LogP contribution in [0, 0.1) is 30.9 Å². The van der Waals surface area contributed by atoms with Crippen LogP contribution >= 0.6 is 0 Å². The monoisotopic (exact) mass is 303 g/mol. The van der Waals surface area contributed by atoms with Crippen LogP contribution in [0.25, 0.3) is 0 Å². The van der Waals surface area contributed by atoms with Crippen LogP contribution in [0.1, 0.15) is 22.5 Å². The molecule has 1 aromatic heterocycles. The molecule has 0 amide bonds. The third kappa shape index (κ3) is 3.49. The predicted molar refractivity (Wildman–Crippen MR) is 79.3 cm³/mol. The first-order valence-electron chi connectivity index (χ1n) is 6.78. The van der Waals surface area contributed by atoms with Gasteiger partial charge < -0.3 is 4.74 Å². The van der Waals surface area contributed by atoms with E-state index in [1.54, 1.807) is 13.8 Å². The molecule has 0 radical (unpaired) electrons. The molecule has 0 N–H and O–H groups in total. The third-order valence-electron chi connectivity index (χ3n) is 3.33. The molecule has 2 aromatic rings. The second-order valence-electron chi connectivity index (χ2n) is 5.08. The predicted octanol–water partition coefficient (Wildman–Crippen LogP) is 2.46. The maximum Gasteiger partial charge on any atom is 0.328 e. The summed E-state index contributed by atoms with van der Waals surface area (Å²) in [4.78, 5) is 22.3. The quantitative estimate of drug-likeness (QED) is 0.481. The number of aryl methyl sites for hydroxylation is 2. The van der Waals surface area contributed by atoms with Crippen LogP contribution in [0.5, 0.6) is 0 Å². The van der Waals surface area contributed by atoms with Crippen LogP contribution in [0.4, 0.5) is 5.69 Å². The number of rotatable bonds is 5. The number of hydrogen-bond acceptors (Lipinski definition) is 5. The van der Waals surface area contributed by atoms with Crippen molar-refractivity contribution in [2.24, 2.45) is 0 Å². The van der Waals surface area contributed by atoms with Crippen molar-refractivity contribution < 1.29 is 14.5 Å². The highest BCUT2D eigenvalue weighted by atomic mass is 16.6. The minimum absolute atomic E-state index is 0.0636. The molecular formula is C15H17N3O4. The fourth-order valence-corrected chi connectivity index (χ4v) is 2.12. The molecule has 0 fully saturated rings. The number of carbonyl (C=O) groups excluding carboxylic acids is 1. The average molecular weight is 303 g/mol. The lowest BCUT2D eigenvalue weighted by Gasteiger charge is -2.06. The van der Waals surface area contributed by atoms with Gasteiger partial charge in [-0.3, -0.25) is 19.6 Å². The molecule has 0 saturated carbocycles. The number of hydrogen-bond donors (Lipinski definition) is 0. The fourth-order valence-electron chi connectivity index (χ4n) is 2.12. The second kappa shape index (κ2) is 6.38. The van der Waals surface area contributed by atoms with Crippen molar-refractivity contribution in [1.82, 2.24) is 9.78 Å². The van der Waals surface area contributed by atoms with Gasteiger partial charge in [-0.1, -0.05) is 29.8 Å². The van der Waals surface area contributed by atoms with Crippen molar-refractivity contribution >= 4 is 11.7 Å². The first-order valence-corrected chi connectivity index (χ1v) is 6.78. The Bertz CT molecular complexity index is 704. The zero-order valence-corrected chi connectivity index (χ0v) is 12.7. The summed E-state index contributed by atoms with van der Waals surface area (Å²) in [7, 11) is 0. The SMILES string of the molecule is Cc1ccc(COC(=O)Cn2nc(C)c([N+](=O)[O-])c2C)cc1. The Morgan fingerprint density at radius 2 is 1.91 bits per heavy atom. The van der Waals surface area contributed by atoms with Crippen molar-refractivity contribution in [2.45, 2.75) is 33.9 Å². The molecule has 0 aliphatic rings. The number of ether oxygens (including phenoxy) is 1. The largest absolute Gasteiger partial charge is 0.459 e. The van der Waals surface area contributed by atoms with Crippen LogP contribution in [-0.4, -0.2) is 20.7 Å². The normalized spacial score (nSPS) is 10.5. The Morgan fingerprint density at radius 3 is 2.45 bits per heavy atom. The second-order valence-corrected chi connectivity index (χ2v) is 5.08. The Labute approximate surface area is 127 Å². The number of benzene rings is 1. The molecule has 22 heavy (non-hydrogen) atoms. The molecule has 0 aliphatic heterocycles. The van der Waals surface area contributed by atoms with Crippen molar-refractivity contribution in [3.05, 3.63) is 56.9 Å². The van der Waals surface area contributed by atoms with Gasteiger partial charge in [0.15, 0.2) is 0 Å². The van der Waals surface area contributed by atoms with E-state index in [1.165, 1.54) is 4.68 Å². The maximum atomic E-state index is 11.8. The zero-order valence-electron chi connectivity index (χ0n) is 12.7. The highest BCUT2D eigenvalue weighted by Crippen LogP contribution is 2.21. The number of nitrogens with zero attached hydrogens (tertiary/aromatic N) is 3. The summed E-state index contributed by atoms with van der Waals surface area (Å²) in [5, 5.41) is 14.9. The molecule has 0 unspecified atom stereocenters. The molecule has 116 valence electrons. The van der Waals surface area contributed by atoms with Gasteiger partial charge in [0.2, 0.25) is 0 Å². The number of nitro groups is 1. The standard InChI is InChI=1S/C15H17N3O4/c1-10-4-6-13(7-5-10)9-22-14(19)8-17-12(3)15(18(20)21)11(2)16-17/h4-7H,8-9H2,1-3H3. The molecule has 1 heterocycles. The van der Waals surface area contributed by atoms with Gasteiger partial charge in [0, 0.05) is 0 Å². The van der Waals surface area contributed by atoms with Crippen molar-refractivity contribution in [2.75, 3.05) is 0 Å². The Hall–Kier alpha value is -2.70. The smallest absolute Gasteiger partial charge is 0.328 e. The lowest BCUT2D eigenvalue weighted by atomic mass is 10.2. The van der Waals surface area contributed by atoms with Crippen molar-refractivity contribution in [3.8, 4) is 0 Å². The molecule has 1 aromatic carbocycles. The van der Waals surface area contributed by atoms with E-state index >= 15 is 0 Å². The van der Waals surface area contributed by atoms with E-state index in [4.69, 9.17) is 4.74 Å². The summed E-state index contributed by atoms with van der Waals surface area (Å²) in [6, 6.07) is 7.65. The van der Waals surface area contributed by atoms with Gasteiger partial charge in [-0.25, -0.2) is 0 Å². The maximum absolute atomic E-state index is 11.8. The van der Waals surface area contributed by atoms with Gasteiger partial charge in [0.05, 0.1) is 4.92 Å². The zero-order chi connectivity index (χ0) is 16.3. The highest BCUT2D eigenvalue weighted by Gasteiger charge is 2.22. The van der Waals surface area contributed by atoms with Crippen LogP contribution in [0.3, 0.4) is 0 Å². The molecule has 0 atom stereocenters. The van der Waals surface area contributed by atoms with Crippen molar-refractivity contribution in [3.63, 3.8) is 0 Å². The Balaban J connectivity index is 1.99. The summed E-state index contributed by atoms with van der Waals surface area (Å²) in [5.41, 5.74) is 2.58. The molecule has 2 rings (SSSR count). The van der Waals surface area contributed by atoms with E-state index < -0.39 is 10.9 Å². The molecule has 0 spiro atoms. The molecule has 7 heteroatoms. The minimum atomic E-state index is -0.494. The molecule has 0 saturated heterocycles. The van der Waals surface area contributed by atoms with E-state index in [0.717, 1.165) is 11.1 Å². The topological polar surface area (TPSA) is 87.3 Å². The fraction of sp³-hybridized carbons (Fsp3) is 0.333. The van der Waals surface area contributed by atoms with E-state index in [1.807, 2.05) is 31.2 Å². The minimum Gasteiger partial charge on any atom is -0.459 e. The first-order chi connectivity index (χ1) is 10.4. The first kappa shape index (κ1) is 15.7. The van der Waals surface area contributed by atoms with Crippen LogP contribution in [0.15, 0.2) is 24.3 Å². The number of aromatic nitrogens is 2.